The fourth-order valence-corrected chi connectivity index (χ4v) is 5.25. The van der Waals surface area contributed by atoms with E-state index in [9.17, 15) is 14.4 Å². The molecule has 0 aromatic carbocycles. The molecule has 2 aliphatic heterocycles. The number of amides is 1. The molecule has 1 N–H and O–H groups in total. The van der Waals surface area contributed by atoms with E-state index in [-0.39, 0.29) is 17.4 Å². The van der Waals surface area contributed by atoms with Crippen molar-refractivity contribution in [1.29, 1.82) is 0 Å². The highest BCUT2D eigenvalue weighted by Gasteiger charge is 2.30. The van der Waals surface area contributed by atoms with Crippen LogP contribution in [0.2, 0.25) is 0 Å². The molecular formula is C19H23N3O4S. The number of aryl methyl sites for hydroxylation is 2. The number of thiophene rings is 1. The van der Waals surface area contributed by atoms with Gasteiger partial charge in [-0.05, 0) is 38.2 Å². The molecule has 0 aliphatic carbocycles. The molecule has 0 bridgehead atoms. The number of fused-ring (bicyclic) bond motifs is 2. The highest BCUT2D eigenvalue weighted by molar-refractivity contribution is 7.20. The number of hydrogen-bond donors (Lipinski definition) is 1. The molecule has 1 fully saturated rings. The Balaban J connectivity index is 1.68. The lowest BCUT2D eigenvalue weighted by atomic mass is 9.97. The molecule has 1 saturated heterocycles. The van der Waals surface area contributed by atoms with E-state index in [4.69, 9.17) is 10.1 Å². The number of likely N-dealkylation sites (tertiary alicyclic amines) is 1. The number of aromatic nitrogens is 2. The third-order valence-corrected chi connectivity index (χ3v) is 6.91. The largest absolute Gasteiger partial charge is 0.481 e. The molecule has 2 aromatic heterocycles. The normalized spacial score (nSPS) is 18.3. The van der Waals surface area contributed by atoms with E-state index in [0.717, 1.165) is 31.5 Å². The van der Waals surface area contributed by atoms with Gasteiger partial charge in [-0.15, -0.1) is 11.3 Å². The number of carbonyl (C=O) groups is 2. The summed E-state index contributed by atoms with van der Waals surface area (Å²) in [5, 5.41) is 9.69. The van der Waals surface area contributed by atoms with Gasteiger partial charge in [-0.3, -0.25) is 19.0 Å². The van der Waals surface area contributed by atoms with Gasteiger partial charge in [-0.25, -0.2) is 4.98 Å². The van der Waals surface area contributed by atoms with E-state index >= 15 is 0 Å². The predicted molar refractivity (Wildman–Crippen MR) is 102 cm³/mol. The van der Waals surface area contributed by atoms with E-state index in [2.05, 4.69) is 0 Å². The van der Waals surface area contributed by atoms with Crippen LogP contribution in [0.25, 0.3) is 10.2 Å². The lowest BCUT2D eigenvalue weighted by Crippen LogP contribution is -2.40. The van der Waals surface area contributed by atoms with Crippen molar-refractivity contribution in [1.82, 2.24) is 14.5 Å². The molecule has 1 amide bonds. The first-order valence-electron chi connectivity index (χ1n) is 9.52. The Morgan fingerprint density at radius 1 is 1.15 bits per heavy atom. The number of carbonyl (C=O) groups excluding carboxylic acids is 1. The smallest absolute Gasteiger partial charge is 0.306 e. The van der Waals surface area contributed by atoms with Gasteiger partial charge in [0.2, 0.25) is 0 Å². The van der Waals surface area contributed by atoms with E-state index in [1.54, 1.807) is 9.47 Å². The lowest BCUT2D eigenvalue weighted by molar-refractivity contribution is -0.143. The minimum atomic E-state index is -0.793. The van der Waals surface area contributed by atoms with Crippen LogP contribution in [0.4, 0.5) is 0 Å². The molecule has 0 saturated carbocycles. The molecule has 144 valence electrons. The van der Waals surface area contributed by atoms with Crippen LogP contribution in [-0.4, -0.2) is 44.5 Å². The molecular weight excluding hydrogens is 366 g/mol. The van der Waals surface area contributed by atoms with E-state index in [0.29, 0.717) is 53.1 Å². The van der Waals surface area contributed by atoms with Crippen molar-refractivity contribution in [3.63, 3.8) is 0 Å². The summed E-state index contributed by atoms with van der Waals surface area (Å²) in [7, 11) is 0. The second kappa shape index (κ2) is 7.07. The average molecular weight is 389 g/mol. The van der Waals surface area contributed by atoms with Crippen molar-refractivity contribution in [2.75, 3.05) is 13.1 Å². The highest BCUT2D eigenvalue weighted by Crippen LogP contribution is 2.30. The summed E-state index contributed by atoms with van der Waals surface area (Å²) in [6.07, 6.45) is 4.86. The number of carboxylic acids is 1. The van der Waals surface area contributed by atoms with E-state index in [1.807, 2.05) is 6.92 Å². The fourth-order valence-electron chi connectivity index (χ4n) is 4.09. The van der Waals surface area contributed by atoms with Crippen LogP contribution in [0, 0.1) is 12.8 Å². The number of aliphatic carboxylic acids is 1. The maximum atomic E-state index is 13.0. The molecule has 2 aliphatic rings. The second-order valence-corrected chi connectivity index (χ2v) is 8.44. The number of hydrogen-bond acceptors (Lipinski definition) is 5. The standard InChI is InChI=1S/C19H23N3O4S/c1-11-14-16(20-13-5-3-2-4-8-22(13)17(14)23)27-15(11)18(24)21-9-6-12(7-10-21)19(25)26/h12H,2-10H2,1H3,(H,25,26). The van der Waals surface area contributed by atoms with Crippen molar-refractivity contribution in [2.24, 2.45) is 5.92 Å². The molecule has 0 unspecified atom stereocenters. The zero-order chi connectivity index (χ0) is 19.1. The van der Waals surface area contributed by atoms with Crippen molar-refractivity contribution in [2.45, 2.75) is 52.0 Å². The van der Waals surface area contributed by atoms with Crippen LogP contribution in [0.1, 0.15) is 53.2 Å². The van der Waals surface area contributed by atoms with E-state index < -0.39 is 5.97 Å². The predicted octanol–water partition coefficient (Wildman–Crippen LogP) is 2.43. The molecule has 7 nitrogen and oxygen atoms in total. The maximum absolute atomic E-state index is 13.0. The van der Waals surface area contributed by atoms with Gasteiger partial charge in [0.25, 0.3) is 11.5 Å². The van der Waals surface area contributed by atoms with Gasteiger partial charge in [-0.1, -0.05) is 6.42 Å². The summed E-state index contributed by atoms with van der Waals surface area (Å²) in [6, 6.07) is 0. The highest BCUT2D eigenvalue weighted by atomic mass is 32.1. The van der Waals surface area contributed by atoms with Crippen molar-refractivity contribution in [3.05, 3.63) is 26.6 Å². The lowest BCUT2D eigenvalue weighted by Gasteiger charge is -2.29. The van der Waals surface area contributed by atoms with Crippen molar-refractivity contribution < 1.29 is 14.7 Å². The number of nitrogens with zero attached hydrogens (tertiary/aromatic N) is 3. The van der Waals surface area contributed by atoms with Crippen molar-refractivity contribution in [3.8, 4) is 0 Å². The van der Waals surface area contributed by atoms with Gasteiger partial charge in [0, 0.05) is 26.1 Å². The Hall–Kier alpha value is -2.22. The number of piperidine rings is 1. The van der Waals surface area contributed by atoms with Gasteiger partial charge in [0.05, 0.1) is 16.2 Å². The summed E-state index contributed by atoms with van der Waals surface area (Å²) in [6.45, 7) is 3.39. The fraction of sp³-hybridized carbons (Fsp3) is 0.579. The first kappa shape index (κ1) is 18.2. The molecule has 27 heavy (non-hydrogen) atoms. The average Bonchev–Trinajstić information content (AvgIpc) is 2.83. The Morgan fingerprint density at radius 2 is 1.89 bits per heavy atom. The summed E-state index contributed by atoms with van der Waals surface area (Å²) < 4.78 is 1.78. The SMILES string of the molecule is Cc1c(C(=O)N2CCC(C(=O)O)CC2)sc2nc3n(c(=O)c12)CCCCC3. The third kappa shape index (κ3) is 3.16. The molecule has 2 aromatic rings. The first-order valence-corrected chi connectivity index (χ1v) is 10.3. The Bertz CT molecular complexity index is 969. The number of rotatable bonds is 2. The minimum absolute atomic E-state index is 0.0331. The van der Waals surface area contributed by atoms with Gasteiger partial charge in [0.15, 0.2) is 0 Å². The van der Waals surface area contributed by atoms with Crippen LogP contribution < -0.4 is 5.56 Å². The summed E-state index contributed by atoms with van der Waals surface area (Å²) >= 11 is 1.29. The Kier molecular flexibility index (Phi) is 4.75. The quantitative estimate of drug-likeness (QED) is 0.852. The Morgan fingerprint density at radius 3 is 2.59 bits per heavy atom. The van der Waals surface area contributed by atoms with Gasteiger partial charge >= 0.3 is 5.97 Å². The van der Waals surface area contributed by atoms with Crippen LogP contribution in [0.15, 0.2) is 4.79 Å². The first-order chi connectivity index (χ1) is 13.0. The van der Waals surface area contributed by atoms with E-state index in [1.165, 1.54) is 11.3 Å². The zero-order valence-electron chi connectivity index (χ0n) is 15.4. The maximum Gasteiger partial charge on any atom is 0.306 e. The molecule has 0 spiro atoms. The Labute approximate surface area is 160 Å². The van der Waals surface area contributed by atoms with Crippen LogP contribution in [0.5, 0.6) is 0 Å². The number of carboxylic acid groups (broad SMARTS) is 1. The molecule has 0 radical (unpaired) electrons. The molecule has 0 atom stereocenters. The van der Waals surface area contributed by atoms with Crippen LogP contribution in [-0.2, 0) is 17.8 Å². The van der Waals surface area contributed by atoms with Crippen LogP contribution in [0.3, 0.4) is 0 Å². The summed E-state index contributed by atoms with van der Waals surface area (Å²) in [4.78, 5) is 44.8. The topological polar surface area (TPSA) is 92.5 Å². The van der Waals surface area contributed by atoms with Crippen LogP contribution >= 0.6 is 11.3 Å². The third-order valence-electron chi connectivity index (χ3n) is 5.74. The zero-order valence-corrected chi connectivity index (χ0v) is 16.2. The second-order valence-electron chi connectivity index (χ2n) is 7.44. The summed E-state index contributed by atoms with van der Waals surface area (Å²) in [5.74, 6) is -0.454. The summed E-state index contributed by atoms with van der Waals surface area (Å²) in [5.41, 5.74) is 0.673. The molecule has 4 rings (SSSR count). The molecule has 8 heteroatoms. The minimum Gasteiger partial charge on any atom is -0.481 e. The van der Waals surface area contributed by atoms with Gasteiger partial charge < -0.3 is 10.0 Å². The van der Waals surface area contributed by atoms with Crippen molar-refractivity contribution >= 4 is 33.4 Å². The molecule has 4 heterocycles. The monoisotopic (exact) mass is 389 g/mol. The van der Waals surface area contributed by atoms with Gasteiger partial charge in [-0.2, -0.15) is 0 Å². The van der Waals surface area contributed by atoms with Gasteiger partial charge in [0.1, 0.15) is 10.7 Å².